The lowest BCUT2D eigenvalue weighted by Crippen LogP contribution is -2.39. The molecule has 2 amide bonds. The van der Waals surface area contributed by atoms with Gasteiger partial charge in [-0.15, -0.1) is 10.2 Å². The van der Waals surface area contributed by atoms with E-state index in [9.17, 15) is 9.59 Å². The van der Waals surface area contributed by atoms with Crippen molar-refractivity contribution in [3.63, 3.8) is 0 Å². The summed E-state index contributed by atoms with van der Waals surface area (Å²) in [6.45, 7) is 6.06. The van der Waals surface area contributed by atoms with Crippen LogP contribution in [0.1, 0.15) is 51.5 Å². The van der Waals surface area contributed by atoms with Gasteiger partial charge in [0.25, 0.3) is 0 Å². The molecule has 0 bridgehead atoms. The van der Waals surface area contributed by atoms with Gasteiger partial charge >= 0.3 is 0 Å². The van der Waals surface area contributed by atoms with Crippen LogP contribution in [0.4, 0.5) is 5.95 Å². The standard InChI is InChI=1S/C19H30N6O2S/c1-14-6-10-24(11-7-14)18-21-22-19(25(18)15-4-5-15)28-13-16(26)20-12-17(27)23-8-2-3-9-23/h14-15H,2-13H2,1H3,(H,20,26). The lowest BCUT2D eigenvalue weighted by atomic mass is 10.00. The Morgan fingerprint density at radius 2 is 1.79 bits per heavy atom. The van der Waals surface area contributed by atoms with E-state index < -0.39 is 0 Å². The molecule has 1 aromatic heterocycles. The Bertz CT molecular complexity index is 705. The number of piperidine rings is 1. The number of anilines is 1. The van der Waals surface area contributed by atoms with Crippen molar-refractivity contribution in [1.29, 1.82) is 0 Å². The fourth-order valence-electron chi connectivity index (χ4n) is 3.88. The third kappa shape index (κ3) is 4.61. The SMILES string of the molecule is CC1CCN(c2nnc(SCC(=O)NCC(=O)N3CCCC3)n2C2CC2)CC1. The zero-order valence-corrected chi connectivity index (χ0v) is 17.4. The summed E-state index contributed by atoms with van der Waals surface area (Å²) in [7, 11) is 0. The fraction of sp³-hybridized carbons (Fsp3) is 0.789. The molecule has 0 radical (unpaired) electrons. The lowest BCUT2D eigenvalue weighted by Gasteiger charge is -2.31. The van der Waals surface area contributed by atoms with Crippen LogP contribution in [0.5, 0.6) is 0 Å². The topological polar surface area (TPSA) is 83.4 Å². The quantitative estimate of drug-likeness (QED) is 0.694. The molecule has 1 N–H and O–H groups in total. The van der Waals surface area contributed by atoms with Crippen molar-refractivity contribution in [2.24, 2.45) is 5.92 Å². The van der Waals surface area contributed by atoms with E-state index in [1.807, 2.05) is 4.90 Å². The molecule has 9 heteroatoms. The number of rotatable bonds is 7. The van der Waals surface area contributed by atoms with Gasteiger partial charge in [0.15, 0.2) is 5.16 Å². The summed E-state index contributed by atoms with van der Waals surface area (Å²) in [5.41, 5.74) is 0. The maximum Gasteiger partial charge on any atom is 0.241 e. The molecule has 0 unspecified atom stereocenters. The van der Waals surface area contributed by atoms with Crippen molar-refractivity contribution >= 4 is 29.5 Å². The van der Waals surface area contributed by atoms with Crippen LogP contribution < -0.4 is 10.2 Å². The van der Waals surface area contributed by atoms with Crippen molar-refractivity contribution in [3.05, 3.63) is 0 Å². The Hall–Kier alpha value is -1.77. The number of carbonyl (C=O) groups is 2. The summed E-state index contributed by atoms with van der Waals surface area (Å²) in [4.78, 5) is 28.4. The second kappa shape index (κ2) is 8.71. The third-order valence-corrected chi connectivity index (χ3v) is 6.80. The smallest absolute Gasteiger partial charge is 0.241 e. The molecule has 3 heterocycles. The van der Waals surface area contributed by atoms with E-state index in [4.69, 9.17) is 0 Å². The minimum absolute atomic E-state index is 0.0126. The zero-order chi connectivity index (χ0) is 19.5. The van der Waals surface area contributed by atoms with E-state index in [1.165, 1.54) is 24.6 Å². The van der Waals surface area contributed by atoms with Gasteiger partial charge in [-0.2, -0.15) is 0 Å². The first-order chi connectivity index (χ1) is 13.6. The monoisotopic (exact) mass is 406 g/mol. The Kier molecular flexibility index (Phi) is 6.08. The zero-order valence-electron chi connectivity index (χ0n) is 16.6. The van der Waals surface area contributed by atoms with Crippen LogP contribution in [0.15, 0.2) is 5.16 Å². The number of carbonyl (C=O) groups excluding carboxylic acids is 2. The Labute approximate surface area is 170 Å². The predicted octanol–water partition coefficient (Wildman–Crippen LogP) is 1.68. The lowest BCUT2D eigenvalue weighted by molar-refractivity contribution is -0.131. The first-order valence-electron chi connectivity index (χ1n) is 10.5. The first-order valence-corrected chi connectivity index (χ1v) is 11.5. The summed E-state index contributed by atoms with van der Waals surface area (Å²) in [5, 5.41) is 12.4. The van der Waals surface area contributed by atoms with Crippen LogP contribution in [-0.2, 0) is 9.59 Å². The van der Waals surface area contributed by atoms with Crippen LogP contribution in [0, 0.1) is 5.92 Å². The van der Waals surface area contributed by atoms with Gasteiger partial charge in [0.1, 0.15) is 0 Å². The Morgan fingerprint density at radius 1 is 1.07 bits per heavy atom. The molecule has 0 aromatic carbocycles. The molecular weight excluding hydrogens is 376 g/mol. The molecule has 0 atom stereocenters. The molecule has 154 valence electrons. The van der Waals surface area contributed by atoms with Gasteiger partial charge in [0, 0.05) is 32.2 Å². The minimum Gasteiger partial charge on any atom is -0.346 e. The van der Waals surface area contributed by atoms with Gasteiger partial charge in [0.05, 0.1) is 12.3 Å². The molecule has 4 rings (SSSR count). The van der Waals surface area contributed by atoms with Crippen LogP contribution in [0.2, 0.25) is 0 Å². The summed E-state index contributed by atoms with van der Waals surface area (Å²) < 4.78 is 2.23. The average Bonchev–Trinajstić information content (AvgIpc) is 3.21. The fourth-order valence-corrected chi connectivity index (χ4v) is 4.71. The molecule has 2 aliphatic heterocycles. The van der Waals surface area contributed by atoms with Crippen molar-refractivity contribution in [2.75, 3.05) is 43.4 Å². The second-order valence-corrected chi connectivity index (χ2v) is 9.15. The molecule has 2 saturated heterocycles. The van der Waals surface area contributed by atoms with Crippen LogP contribution in [0.3, 0.4) is 0 Å². The number of nitrogens with one attached hydrogen (secondary N) is 1. The van der Waals surface area contributed by atoms with E-state index in [-0.39, 0.29) is 24.1 Å². The van der Waals surface area contributed by atoms with Crippen molar-refractivity contribution in [3.8, 4) is 0 Å². The number of nitrogens with zero attached hydrogens (tertiary/aromatic N) is 5. The van der Waals surface area contributed by atoms with Crippen molar-refractivity contribution < 1.29 is 9.59 Å². The number of thioether (sulfide) groups is 1. The minimum atomic E-state index is -0.128. The van der Waals surface area contributed by atoms with Crippen molar-refractivity contribution in [1.82, 2.24) is 25.0 Å². The predicted molar refractivity (Wildman–Crippen MR) is 108 cm³/mol. The average molecular weight is 407 g/mol. The highest BCUT2D eigenvalue weighted by Crippen LogP contribution is 2.41. The van der Waals surface area contributed by atoms with E-state index in [0.29, 0.717) is 6.04 Å². The molecular formula is C19H30N6O2S. The number of hydrogen-bond donors (Lipinski definition) is 1. The van der Waals surface area contributed by atoms with Gasteiger partial charge in [-0.05, 0) is 44.4 Å². The van der Waals surface area contributed by atoms with Gasteiger partial charge in [-0.25, -0.2) is 0 Å². The third-order valence-electron chi connectivity index (χ3n) is 5.85. The number of amides is 2. The molecule has 1 aliphatic carbocycles. The summed E-state index contributed by atoms with van der Waals surface area (Å²) in [5.74, 6) is 1.88. The molecule has 8 nitrogen and oxygen atoms in total. The molecule has 3 fully saturated rings. The highest BCUT2D eigenvalue weighted by molar-refractivity contribution is 7.99. The Balaban J connectivity index is 1.30. The highest BCUT2D eigenvalue weighted by atomic mass is 32.2. The number of aromatic nitrogens is 3. The number of likely N-dealkylation sites (tertiary alicyclic amines) is 1. The van der Waals surface area contributed by atoms with E-state index >= 15 is 0 Å². The molecule has 28 heavy (non-hydrogen) atoms. The van der Waals surface area contributed by atoms with E-state index in [2.05, 4.69) is 31.9 Å². The summed E-state index contributed by atoms with van der Waals surface area (Å²) >= 11 is 1.42. The molecule has 1 saturated carbocycles. The normalized spacial score (nSPS) is 20.6. The first kappa shape index (κ1) is 19.5. The van der Waals surface area contributed by atoms with Crippen molar-refractivity contribution in [2.45, 2.75) is 56.6 Å². The van der Waals surface area contributed by atoms with Gasteiger partial charge in [-0.1, -0.05) is 18.7 Å². The van der Waals surface area contributed by atoms with E-state index in [0.717, 1.165) is 68.9 Å². The van der Waals surface area contributed by atoms with Crippen LogP contribution in [-0.4, -0.2) is 70.0 Å². The van der Waals surface area contributed by atoms with Gasteiger partial charge in [-0.3, -0.25) is 14.2 Å². The maximum absolute atomic E-state index is 12.2. The highest BCUT2D eigenvalue weighted by Gasteiger charge is 2.32. The second-order valence-electron chi connectivity index (χ2n) is 8.21. The van der Waals surface area contributed by atoms with E-state index in [1.54, 1.807) is 0 Å². The molecule has 0 spiro atoms. The molecule has 3 aliphatic rings. The maximum atomic E-state index is 12.2. The number of hydrogen-bond acceptors (Lipinski definition) is 6. The van der Waals surface area contributed by atoms with Gasteiger partial charge in [0.2, 0.25) is 17.8 Å². The van der Waals surface area contributed by atoms with Crippen LogP contribution >= 0.6 is 11.8 Å². The largest absolute Gasteiger partial charge is 0.346 e. The van der Waals surface area contributed by atoms with Gasteiger partial charge < -0.3 is 15.1 Å². The Morgan fingerprint density at radius 3 is 2.46 bits per heavy atom. The summed E-state index contributed by atoms with van der Waals surface area (Å²) in [6, 6.07) is 0.464. The molecule has 1 aromatic rings. The summed E-state index contributed by atoms with van der Waals surface area (Å²) in [6.07, 6.45) is 6.80. The van der Waals surface area contributed by atoms with Crippen LogP contribution in [0.25, 0.3) is 0 Å².